The van der Waals surface area contributed by atoms with Crippen LogP contribution in [0.1, 0.15) is 39.3 Å². The van der Waals surface area contributed by atoms with Crippen LogP contribution in [-0.4, -0.2) is 61.7 Å². The van der Waals surface area contributed by atoms with Crippen LogP contribution < -0.4 is 10.6 Å². The molecule has 11 nitrogen and oxygen atoms in total. The summed E-state index contributed by atoms with van der Waals surface area (Å²) in [5, 5.41) is 24.9. The number of nitrogens with zero attached hydrogens (tertiary/aromatic N) is 5. The van der Waals surface area contributed by atoms with E-state index >= 15 is 0 Å². The van der Waals surface area contributed by atoms with E-state index < -0.39 is 11.9 Å². The second-order valence-corrected chi connectivity index (χ2v) is 8.57. The zero-order chi connectivity index (χ0) is 24.9. The van der Waals surface area contributed by atoms with Crippen LogP contribution in [0, 0.1) is 5.92 Å². The lowest BCUT2D eigenvalue weighted by molar-refractivity contribution is 0.0689. The monoisotopic (exact) mass is 487 g/mol. The molecule has 0 spiro atoms. The van der Waals surface area contributed by atoms with E-state index in [1.54, 1.807) is 23.1 Å². The zero-order valence-electron chi connectivity index (χ0n) is 19.4. The number of carbonyl (C=O) groups is 2. The SMILES string of the molecule is O=C(O)c1ncc(NCC2CCOCC2)nc1NC(=O)c1ccc(Cn2ccnn2)c2ccccc12. The van der Waals surface area contributed by atoms with E-state index in [1.807, 2.05) is 30.3 Å². The molecular weight excluding hydrogens is 462 g/mol. The van der Waals surface area contributed by atoms with Crippen LogP contribution in [0.3, 0.4) is 0 Å². The van der Waals surface area contributed by atoms with Crippen molar-refractivity contribution < 1.29 is 19.4 Å². The Hall–Kier alpha value is -4.38. The molecule has 1 saturated heterocycles. The van der Waals surface area contributed by atoms with Crippen molar-refractivity contribution in [1.82, 2.24) is 25.0 Å². The molecule has 2 aromatic carbocycles. The first kappa shape index (κ1) is 23.4. The van der Waals surface area contributed by atoms with E-state index in [9.17, 15) is 14.7 Å². The molecule has 36 heavy (non-hydrogen) atoms. The highest BCUT2D eigenvalue weighted by atomic mass is 16.5. The highest BCUT2D eigenvalue weighted by molar-refractivity contribution is 6.14. The maximum atomic E-state index is 13.3. The molecule has 1 fully saturated rings. The number of benzene rings is 2. The van der Waals surface area contributed by atoms with Gasteiger partial charge in [-0.25, -0.2) is 19.4 Å². The van der Waals surface area contributed by atoms with Crippen molar-refractivity contribution in [2.24, 2.45) is 5.92 Å². The third-order valence-electron chi connectivity index (χ3n) is 6.18. The molecule has 3 heterocycles. The smallest absolute Gasteiger partial charge is 0.358 e. The fourth-order valence-corrected chi connectivity index (χ4v) is 4.28. The molecule has 0 bridgehead atoms. The molecule has 1 amide bonds. The minimum Gasteiger partial charge on any atom is -0.476 e. The summed E-state index contributed by atoms with van der Waals surface area (Å²) < 4.78 is 7.09. The second kappa shape index (κ2) is 10.5. The third-order valence-corrected chi connectivity index (χ3v) is 6.18. The van der Waals surface area contributed by atoms with E-state index in [1.165, 1.54) is 6.20 Å². The highest BCUT2D eigenvalue weighted by Gasteiger charge is 2.20. The summed E-state index contributed by atoms with van der Waals surface area (Å²) in [6, 6.07) is 11.1. The number of nitrogens with one attached hydrogen (secondary N) is 2. The number of hydrogen-bond acceptors (Lipinski definition) is 8. The Morgan fingerprint density at radius 3 is 2.67 bits per heavy atom. The van der Waals surface area contributed by atoms with Gasteiger partial charge in [-0.15, -0.1) is 5.10 Å². The summed E-state index contributed by atoms with van der Waals surface area (Å²) in [4.78, 5) is 33.5. The lowest BCUT2D eigenvalue weighted by atomic mass is 9.99. The normalized spacial score (nSPS) is 14.0. The number of amides is 1. The number of aromatic nitrogens is 5. The van der Waals surface area contributed by atoms with Gasteiger partial charge >= 0.3 is 5.97 Å². The Labute approximate surface area is 206 Å². The van der Waals surface area contributed by atoms with Gasteiger partial charge in [-0.1, -0.05) is 35.5 Å². The van der Waals surface area contributed by atoms with E-state index in [-0.39, 0.29) is 11.5 Å². The van der Waals surface area contributed by atoms with Crippen LogP contribution in [0.15, 0.2) is 55.0 Å². The summed E-state index contributed by atoms with van der Waals surface area (Å²) in [5.41, 5.74) is 1.04. The van der Waals surface area contributed by atoms with Crippen molar-refractivity contribution in [1.29, 1.82) is 0 Å². The largest absolute Gasteiger partial charge is 0.476 e. The topological polar surface area (TPSA) is 144 Å². The Balaban J connectivity index is 1.40. The third kappa shape index (κ3) is 5.15. The number of aromatic carboxylic acids is 1. The van der Waals surface area contributed by atoms with Gasteiger partial charge in [0, 0.05) is 31.5 Å². The van der Waals surface area contributed by atoms with Crippen LogP contribution in [0.25, 0.3) is 10.8 Å². The standard InChI is InChI=1S/C25H25N7O4/c33-24(20-6-5-17(15-32-10-9-28-31-32)18-3-1-2-4-19(18)20)30-23-22(25(34)35)27-14-21(29-23)26-13-16-7-11-36-12-8-16/h1-6,9-10,14,16H,7-8,11-13,15H2,(H,34,35)(H2,26,29,30,33). The molecule has 11 heteroatoms. The van der Waals surface area contributed by atoms with Crippen molar-refractivity contribution in [3.63, 3.8) is 0 Å². The van der Waals surface area contributed by atoms with Crippen molar-refractivity contribution >= 4 is 34.3 Å². The minimum atomic E-state index is -1.28. The number of rotatable bonds is 8. The van der Waals surface area contributed by atoms with Crippen LogP contribution in [0.2, 0.25) is 0 Å². The second-order valence-electron chi connectivity index (χ2n) is 8.57. The van der Waals surface area contributed by atoms with Gasteiger partial charge in [0.05, 0.1) is 18.9 Å². The number of carbonyl (C=O) groups excluding carboxylic acids is 1. The average Bonchev–Trinajstić information content (AvgIpc) is 3.41. The lowest BCUT2D eigenvalue weighted by Gasteiger charge is -2.22. The van der Waals surface area contributed by atoms with Crippen LogP contribution in [0.4, 0.5) is 11.6 Å². The fourth-order valence-electron chi connectivity index (χ4n) is 4.28. The number of ether oxygens (including phenoxy) is 1. The number of fused-ring (bicyclic) bond motifs is 1. The predicted octanol–water partition coefficient (Wildman–Crippen LogP) is 3.06. The maximum Gasteiger partial charge on any atom is 0.358 e. The Kier molecular flexibility index (Phi) is 6.80. The van der Waals surface area contributed by atoms with Gasteiger partial charge in [-0.05, 0) is 41.2 Å². The van der Waals surface area contributed by atoms with Crippen LogP contribution in [0.5, 0.6) is 0 Å². The Morgan fingerprint density at radius 1 is 1.11 bits per heavy atom. The van der Waals surface area contributed by atoms with E-state index in [0.717, 1.165) is 42.4 Å². The average molecular weight is 488 g/mol. The molecule has 1 aliphatic rings. The highest BCUT2D eigenvalue weighted by Crippen LogP contribution is 2.25. The molecule has 0 atom stereocenters. The quantitative estimate of drug-likeness (QED) is 0.341. The molecule has 1 aliphatic heterocycles. The van der Waals surface area contributed by atoms with Crippen molar-refractivity contribution in [3.8, 4) is 0 Å². The zero-order valence-corrected chi connectivity index (χ0v) is 19.4. The van der Waals surface area contributed by atoms with Gasteiger partial charge < -0.3 is 20.5 Å². The van der Waals surface area contributed by atoms with Gasteiger partial charge in [0.1, 0.15) is 5.82 Å². The fraction of sp³-hybridized carbons (Fsp3) is 0.280. The summed E-state index contributed by atoms with van der Waals surface area (Å²) >= 11 is 0. The number of hydrogen-bond donors (Lipinski definition) is 3. The first-order valence-electron chi connectivity index (χ1n) is 11.7. The van der Waals surface area contributed by atoms with Crippen molar-refractivity contribution in [2.75, 3.05) is 30.4 Å². The van der Waals surface area contributed by atoms with E-state index in [4.69, 9.17) is 4.74 Å². The first-order chi connectivity index (χ1) is 17.6. The number of carboxylic acids is 1. The molecule has 0 unspecified atom stereocenters. The maximum absolute atomic E-state index is 13.3. The summed E-state index contributed by atoms with van der Waals surface area (Å²) in [5.74, 6) is -1.03. The van der Waals surface area contributed by atoms with Gasteiger partial charge in [0.15, 0.2) is 11.5 Å². The molecule has 0 radical (unpaired) electrons. The molecule has 5 rings (SSSR count). The summed E-state index contributed by atoms with van der Waals surface area (Å²) in [6.07, 6.45) is 6.63. The van der Waals surface area contributed by atoms with Gasteiger partial charge in [-0.3, -0.25) is 4.79 Å². The molecular formula is C25H25N7O4. The molecule has 184 valence electrons. The van der Waals surface area contributed by atoms with E-state index in [2.05, 4.69) is 30.9 Å². The van der Waals surface area contributed by atoms with Crippen LogP contribution >= 0.6 is 0 Å². The molecule has 0 aliphatic carbocycles. The predicted molar refractivity (Wildman–Crippen MR) is 132 cm³/mol. The minimum absolute atomic E-state index is 0.111. The van der Waals surface area contributed by atoms with Crippen molar-refractivity contribution in [2.45, 2.75) is 19.4 Å². The summed E-state index contributed by atoms with van der Waals surface area (Å²) in [7, 11) is 0. The van der Waals surface area contributed by atoms with Gasteiger partial charge in [0.2, 0.25) is 0 Å². The molecule has 0 saturated carbocycles. The molecule has 3 N–H and O–H groups in total. The number of carboxylic acid groups (broad SMARTS) is 1. The van der Waals surface area contributed by atoms with Crippen molar-refractivity contribution in [3.05, 3.63) is 71.8 Å². The summed E-state index contributed by atoms with van der Waals surface area (Å²) in [6.45, 7) is 2.61. The number of anilines is 2. The van der Waals surface area contributed by atoms with Gasteiger partial charge in [-0.2, -0.15) is 0 Å². The molecule has 4 aromatic rings. The van der Waals surface area contributed by atoms with E-state index in [0.29, 0.717) is 30.4 Å². The molecule has 2 aromatic heterocycles. The lowest BCUT2D eigenvalue weighted by Crippen LogP contribution is -2.23. The van der Waals surface area contributed by atoms with Crippen LogP contribution in [-0.2, 0) is 11.3 Å². The first-order valence-corrected chi connectivity index (χ1v) is 11.7. The Bertz CT molecular complexity index is 1380. The Morgan fingerprint density at radius 2 is 1.92 bits per heavy atom. The van der Waals surface area contributed by atoms with Gasteiger partial charge in [0.25, 0.3) is 5.91 Å².